The Morgan fingerprint density at radius 1 is 1.19 bits per heavy atom. The minimum absolute atomic E-state index is 0.00691. The number of aromatic nitrogens is 1. The number of rotatable bonds is 4. The number of carbonyl (C=O) groups is 2. The second kappa shape index (κ2) is 7.94. The molecule has 0 spiro atoms. The molecule has 6 nitrogen and oxygen atoms in total. The van der Waals surface area contributed by atoms with Gasteiger partial charge in [-0.15, -0.1) is 0 Å². The summed E-state index contributed by atoms with van der Waals surface area (Å²) in [6.07, 6.45) is 1.52. The highest BCUT2D eigenvalue weighted by molar-refractivity contribution is 6.01. The van der Waals surface area contributed by atoms with Crippen LogP contribution in [-0.4, -0.2) is 41.0 Å². The minimum atomic E-state index is -0.166. The summed E-state index contributed by atoms with van der Waals surface area (Å²) in [6.45, 7) is 8.93. The fraction of sp³-hybridized carbons (Fsp3) is 0.476. The summed E-state index contributed by atoms with van der Waals surface area (Å²) in [5.74, 6) is 0.530. The molecule has 2 aromatic rings. The number of piperidine rings is 1. The summed E-state index contributed by atoms with van der Waals surface area (Å²) < 4.78 is 5.33. The Morgan fingerprint density at radius 2 is 1.85 bits per heavy atom. The number of hydrogen-bond acceptors (Lipinski definition) is 4. The standard InChI is InChI=1S/C21H27N3O3/c1-13(2)21(26)24-11-9-16(10-12-24)22-20(25)18-15(4)27-23-19(18)17-8-6-5-7-14(17)3/h5-8,13,16H,9-12H2,1-4H3,(H,22,25). The number of benzene rings is 1. The molecule has 27 heavy (non-hydrogen) atoms. The van der Waals surface area contributed by atoms with Gasteiger partial charge in [-0.1, -0.05) is 43.3 Å². The second-order valence-corrected chi connectivity index (χ2v) is 7.51. The largest absolute Gasteiger partial charge is 0.360 e. The molecule has 0 saturated carbocycles. The fourth-order valence-corrected chi connectivity index (χ4v) is 3.53. The van der Waals surface area contributed by atoms with Gasteiger partial charge in [-0.2, -0.15) is 0 Å². The molecule has 1 aliphatic heterocycles. The number of carbonyl (C=O) groups excluding carboxylic acids is 2. The van der Waals surface area contributed by atoms with Crippen LogP contribution < -0.4 is 5.32 Å². The molecule has 1 aliphatic rings. The van der Waals surface area contributed by atoms with Gasteiger partial charge in [-0.3, -0.25) is 9.59 Å². The molecule has 1 aromatic carbocycles. The first kappa shape index (κ1) is 19.1. The van der Waals surface area contributed by atoms with Gasteiger partial charge in [-0.05, 0) is 32.3 Å². The molecule has 1 N–H and O–H groups in total. The maximum absolute atomic E-state index is 12.9. The van der Waals surface area contributed by atoms with Gasteiger partial charge < -0.3 is 14.7 Å². The predicted octanol–water partition coefficient (Wildman–Crippen LogP) is 3.34. The Bertz CT molecular complexity index is 833. The average molecular weight is 369 g/mol. The Hall–Kier alpha value is -2.63. The number of hydrogen-bond donors (Lipinski definition) is 1. The molecule has 0 unspecified atom stereocenters. The Labute approximate surface area is 159 Å². The first-order valence-electron chi connectivity index (χ1n) is 9.50. The first-order chi connectivity index (χ1) is 12.9. The SMILES string of the molecule is Cc1ccccc1-c1noc(C)c1C(=O)NC1CCN(C(=O)C(C)C)CC1. The van der Waals surface area contributed by atoms with Gasteiger partial charge in [0.25, 0.3) is 5.91 Å². The van der Waals surface area contributed by atoms with Crippen molar-refractivity contribution in [1.82, 2.24) is 15.4 Å². The van der Waals surface area contributed by atoms with E-state index in [0.717, 1.165) is 24.0 Å². The summed E-state index contributed by atoms with van der Waals surface area (Å²) in [5.41, 5.74) is 3.01. The number of amides is 2. The van der Waals surface area contributed by atoms with E-state index in [1.165, 1.54) is 0 Å². The van der Waals surface area contributed by atoms with Gasteiger partial charge in [0.2, 0.25) is 5.91 Å². The van der Waals surface area contributed by atoms with Crippen LogP contribution in [0.5, 0.6) is 0 Å². The molecule has 0 radical (unpaired) electrons. The topological polar surface area (TPSA) is 75.4 Å². The zero-order valence-electron chi connectivity index (χ0n) is 16.4. The lowest BCUT2D eigenvalue weighted by molar-refractivity contribution is -0.135. The molecule has 1 aromatic heterocycles. The molecule has 1 saturated heterocycles. The highest BCUT2D eigenvalue weighted by atomic mass is 16.5. The molecule has 0 bridgehead atoms. The van der Waals surface area contributed by atoms with Crippen LogP contribution in [0.4, 0.5) is 0 Å². The third-order valence-corrected chi connectivity index (χ3v) is 5.13. The van der Waals surface area contributed by atoms with Crippen LogP contribution in [0.1, 0.15) is 48.4 Å². The molecular formula is C21H27N3O3. The molecule has 2 amide bonds. The van der Waals surface area contributed by atoms with Crippen molar-refractivity contribution in [1.29, 1.82) is 0 Å². The van der Waals surface area contributed by atoms with Crippen molar-refractivity contribution < 1.29 is 14.1 Å². The summed E-state index contributed by atoms with van der Waals surface area (Å²) in [5, 5.41) is 7.23. The monoisotopic (exact) mass is 369 g/mol. The van der Waals surface area contributed by atoms with Crippen molar-refractivity contribution in [3.05, 3.63) is 41.2 Å². The quantitative estimate of drug-likeness (QED) is 0.897. The van der Waals surface area contributed by atoms with Crippen LogP contribution in [-0.2, 0) is 4.79 Å². The predicted molar refractivity (Wildman–Crippen MR) is 103 cm³/mol. The van der Waals surface area contributed by atoms with Crippen LogP contribution in [0.3, 0.4) is 0 Å². The van der Waals surface area contributed by atoms with Crippen molar-refractivity contribution >= 4 is 11.8 Å². The van der Waals surface area contributed by atoms with Crippen LogP contribution in [0.15, 0.2) is 28.8 Å². The number of nitrogens with one attached hydrogen (secondary N) is 1. The Kier molecular flexibility index (Phi) is 5.63. The van der Waals surface area contributed by atoms with Crippen LogP contribution >= 0.6 is 0 Å². The van der Waals surface area contributed by atoms with E-state index in [2.05, 4.69) is 10.5 Å². The van der Waals surface area contributed by atoms with Crippen molar-refractivity contribution in [2.45, 2.75) is 46.6 Å². The van der Waals surface area contributed by atoms with E-state index in [1.807, 2.05) is 49.9 Å². The normalized spacial score (nSPS) is 15.2. The molecular weight excluding hydrogens is 342 g/mol. The van der Waals surface area contributed by atoms with Gasteiger partial charge >= 0.3 is 0 Å². The lowest BCUT2D eigenvalue weighted by Crippen LogP contribution is -2.47. The molecule has 6 heteroatoms. The van der Waals surface area contributed by atoms with E-state index < -0.39 is 0 Å². The minimum Gasteiger partial charge on any atom is -0.360 e. The highest BCUT2D eigenvalue weighted by Crippen LogP contribution is 2.28. The average Bonchev–Trinajstić information content (AvgIpc) is 3.03. The van der Waals surface area contributed by atoms with Gasteiger partial charge in [-0.25, -0.2) is 0 Å². The maximum atomic E-state index is 12.9. The Balaban J connectivity index is 1.71. The third-order valence-electron chi connectivity index (χ3n) is 5.13. The third kappa shape index (κ3) is 4.04. The number of aryl methyl sites for hydroxylation is 2. The fourth-order valence-electron chi connectivity index (χ4n) is 3.53. The lowest BCUT2D eigenvalue weighted by Gasteiger charge is -2.33. The van der Waals surface area contributed by atoms with Crippen LogP contribution in [0.2, 0.25) is 0 Å². The highest BCUT2D eigenvalue weighted by Gasteiger charge is 2.28. The van der Waals surface area contributed by atoms with E-state index >= 15 is 0 Å². The van der Waals surface area contributed by atoms with Crippen LogP contribution in [0.25, 0.3) is 11.3 Å². The molecule has 144 valence electrons. The smallest absolute Gasteiger partial charge is 0.257 e. The summed E-state index contributed by atoms with van der Waals surface area (Å²) in [6, 6.07) is 7.86. The first-order valence-corrected chi connectivity index (χ1v) is 9.50. The molecule has 0 aliphatic carbocycles. The van der Waals surface area contributed by atoms with Crippen molar-refractivity contribution in [2.75, 3.05) is 13.1 Å². The lowest BCUT2D eigenvalue weighted by atomic mass is 9.99. The van der Waals surface area contributed by atoms with Gasteiger partial charge in [0.1, 0.15) is 17.0 Å². The van der Waals surface area contributed by atoms with E-state index in [-0.39, 0.29) is 23.8 Å². The van der Waals surface area contributed by atoms with Gasteiger partial charge in [0, 0.05) is 30.6 Å². The van der Waals surface area contributed by atoms with Crippen molar-refractivity contribution in [2.24, 2.45) is 5.92 Å². The number of nitrogens with zero attached hydrogens (tertiary/aromatic N) is 2. The van der Waals surface area contributed by atoms with Gasteiger partial charge in [0.05, 0.1) is 0 Å². The van der Waals surface area contributed by atoms with Crippen molar-refractivity contribution in [3.8, 4) is 11.3 Å². The summed E-state index contributed by atoms with van der Waals surface area (Å²) in [4.78, 5) is 26.9. The Morgan fingerprint density at radius 3 is 2.48 bits per heavy atom. The van der Waals surface area contributed by atoms with Crippen LogP contribution in [0, 0.1) is 19.8 Å². The van der Waals surface area contributed by atoms with Crippen molar-refractivity contribution in [3.63, 3.8) is 0 Å². The zero-order chi connectivity index (χ0) is 19.6. The van der Waals surface area contributed by atoms with E-state index in [1.54, 1.807) is 6.92 Å². The van der Waals surface area contributed by atoms with E-state index in [0.29, 0.717) is 30.1 Å². The summed E-state index contributed by atoms with van der Waals surface area (Å²) in [7, 11) is 0. The van der Waals surface area contributed by atoms with Gasteiger partial charge in [0.15, 0.2) is 0 Å². The molecule has 2 heterocycles. The van der Waals surface area contributed by atoms with E-state index in [4.69, 9.17) is 4.52 Å². The number of likely N-dealkylation sites (tertiary alicyclic amines) is 1. The molecule has 0 atom stereocenters. The zero-order valence-corrected chi connectivity index (χ0v) is 16.4. The molecule has 3 rings (SSSR count). The summed E-state index contributed by atoms with van der Waals surface area (Å²) >= 11 is 0. The second-order valence-electron chi connectivity index (χ2n) is 7.51. The molecule has 1 fully saturated rings. The maximum Gasteiger partial charge on any atom is 0.257 e. The van der Waals surface area contributed by atoms with E-state index in [9.17, 15) is 9.59 Å².